The van der Waals surface area contributed by atoms with Crippen molar-refractivity contribution in [2.45, 2.75) is 46.2 Å². The lowest BCUT2D eigenvalue weighted by molar-refractivity contribution is -0.139. The van der Waals surface area contributed by atoms with Crippen molar-refractivity contribution in [3.8, 4) is 0 Å². The second-order valence-corrected chi connectivity index (χ2v) is 6.99. The number of carbonyl (C=O) groups is 1. The van der Waals surface area contributed by atoms with Gasteiger partial charge in [-0.3, -0.25) is 14.6 Å². The van der Waals surface area contributed by atoms with Gasteiger partial charge in [-0.2, -0.15) is 0 Å². The minimum Gasteiger partial charge on any atom is -0.480 e. The third kappa shape index (κ3) is 4.49. The van der Waals surface area contributed by atoms with Crippen molar-refractivity contribution < 1.29 is 9.90 Å². The zero-order chi connectivity index (χ0) is 15.4. The molecule has 0 aromatic carbocycles. The van der Waals surface area contributed by atoms with Crippen molar-refractivity contribution in [3.05, 3.63) is 15.6 Å². The second-order valence-electron chi connectivity index (χ2n) is 5.71. The smallest absolute Gasteiger partial charge is 0.317 e. The Labute approximate surface area is 130 Å². The van der Waals surface area contributed by atoms with Crippen LogP contribution in [0.5, 0.6) is 0 Å². The molecule has 0 saturated carbocycles. The van der Waals surface area contributed by atoms with Crippen molar-refractivity contribution in [2.24, 2.45) is 0 Å². The quantitative estimate of drug-likeness (QED) is 0.872. The van der Waals surface area contributed by atoms with E-state index in [1.165, 1.54) is 4.88 Å². The van der Waals surface area contributed by atoms with Gasteiger partial charge in [0.2, 0.25) is 0 Å². The molecule has 0 unspecified atom stereocenters. The van der Waals surface area contributed by atoms with Gasteiger partial charge in [-0.05, 0) is 33.2 Å². The van der Waals surface area contributed by atoms with E-state index >= 15 is 0 Å². The molecule has 118 valence electrons. The molecule has 1 aromatic rings. The van der Waals surface area contributed by atoms with E-state index in [4.69, 9.17) is 5.11 Å². The van der Waals surface area contributed by atoms with E-state index in [-0.39, 0.29) is 6.54 Å². The van der Waals surface area contributed by atoms with Crippen LogP contribution in [0.25, 0.3) is 0 Å². The lowest BCUT2D eigenvalue weighted by atomic mass is 10.0. The number of likely N-dealkylation sites (tertiary alicyclic amines) is 1. The Kier molecular flexibility index (Phi) is 5.72. The van der Waals surface area contributed by atoms with E-state index in [1.807, 2.05) is 6.92 Å². The largest absolute Gasteiger partial charge is 0.480 e. The second kappa shape index (κ2) is 7.33. The molecule has 1 aliphatic heterocycles. The molecular formula is C15H25N3O2S. The van der Waals surface area contributed by atoms with Crippen LogP contribution in [0.15, 0.2) is 0 Å². The molecule has 2 rings (SSSR count). The third-order valence-electron chi connectivity index (χ3n) is 4.18. The summed E-state index contributed by atoms with van der Waals surface area (Å²) in [5, 5.41) is 10.1. The van der Waals surface area contributed by atoms with Gasteiger partial charge in [-0.15, -0.1) is 11.3 Å². The molecule has 0 aliphatic carbocycles. The van der Waals surface area contributed by atoms with Crippen LogP contribution >= 0.6 is 11.3 Å². The molecule has 5 nitrogen and oxygen atoms in total. The Morgan fingerprint density at radius 2 is 2.10 bits per heavy atom. The van der Waals surface area contributed by atoms with Crippen molar-refractivity contribution in [1.29, 1.82) is 0 Å². The van der Waals surface area contributed by atoms with Gasteiger partial charge in [0.05, 0.1) is 17.2 Å². The van der Waals surface area contributed by atoms with Crippen LogP contribution in [0.3, 0.4) is 0 Å². The summed E-state index contributed by atoms with van der Waals surface area (Å²) >= 11 is 1.79. The Bertz CT molecular complexity index is 481. The van der Waals surface area contributed by atoms with Gasteiger partial charge in [-0.1, -0.05) is 6.92 Å². The number of piperidine rings is 1. The number of nitrogens with zero attached hydrogens (tertiary/aromatic N) is 3. The monoisotopic (exact) mass is 311 g/mol. The van der Waals surface area contributed by atoms with Crippen LogP contribution in [0, 0.1) is 13.8 Å². The van der Waals surface area contributed by atoms with Crippen molar-refractivity contribution in [1.82, 2.24) is 14.8 Å². The van der Waals surface area contributed by atoms with Gasteiger partial charge < -0.3 is 5.11 Å². The molecule has 0 amide bonds. The van der Waals surface area contributed by atoms with E-state index in [9.17, 15) is 4.79 Å². The van der Waals surface area contributed by atoms with Crippen LogP contribution in [0.4, 0.5) is 0 Å². The number of aromatic nitrogens is 1. The highest BCUT2D eigenvalue weighted by Crippen LogP contribution is 2.23. The lowest BCUT2D eigenvalue weighted by Gasteiger charge is -2.37. The first-order valence-corrected chi connectivity index (χ1v) is 8.42. The van der Waals surface area contributed by atoms with E-state index in [0.29, 0.717) is 6.04 Å². The molecule has 0 atom stereocenters. The summed E-state index contributed by atoms with van der Waals surface area (Å²) in [5.41, 5.74) is 1.15. The minimum atomic E-state index is -0.727. The van der Waals surface area contributed by atoms with Crippen molar-refractivity contribution >= 4 is 17.3 Å². The maximum absolute atomic E-state index is 10.9. The van der Waals surface area contributed by atoms with Crippen molar-refractivity contribution in [3.63, 3.8) is 0 Å². The fourth-order valence-corrected chi connectivity index (χ4v) is 4.02. The first kappa shape index (κ1) is 16.4. The van der Waals surface area contributed by atoms with Crippen LogP contribution in [0.2, 0.25) is 0 Å². The van der Waals surface area contributed by atoms with Crippen LogP contribution in [-0.4, -0.2) is 58.1 Å². The molecule has 1 aliphatic rings. The molecule has 1 aromatic heterocycles. The van der Waals surface area contributed by atoms with Crippen LogP contribution in [0.1, 0.15) is 35.3 Å². The number of hydrogen-bond donors (Lipinski definition) is 1. The molecular weight excluding hydrogens is 286 g/mol. The molecule has 21 heavy (non-hydrogen) atoms. The summed E-state index contributed by atoms with van der Waals surface area (Å²) in [6.07, 6.45) is 2.11. The van der Waals surface area contributed by atoms with Crippen molar-refractivity contribution in [2.75, 3.05) is 26.2 Å². The Morgan fingerprint density at radius 3 is 2.57 bits per heavy atom. The van der Waals surface area contributed by atoms with E-state index in [2.05, 4.69) is 28.6 Å². The summed E-state index contributed by atoms with van der Waals surface area (Å²) in [4.78, 5) is 21.3. The number of carboxylic acids is 1. The zero-order valence-corrected chi connectivity index (χ0v) is 13.9. The summed E-state index contributed by atoms with van der Waals surface area (Å²) in [5.74, 6) is -0.727. The fraction of sp³-hybridized carbons (Fsp3) is 0.733. The molecule has 0 bridgehead atoms. The summed E-state index contributed by atoms with van der Waals surface area (Å²) in [6.45, 7) is 10.2. The van der Waals surface area contributed by atoms with Crippen LogP contribution in [-0.2, 0) is 11.3 Å². The predicted octanol–water partition coefficient (Wildman–Crippen LogP) is 2.13. The van der Waals surface area contributed by atoms with E-state index < -0.39 is 5.97 Å². The number of likely N-dealkylation sites (N-methyl/N-ethyl adjacent to an activating group) is 1. The number of hydrogen-bond acceptors (Lipinski definition) is 5. The Hall–Kier alpha value is -0.980. The number of rotatable bonds is 6. The molecule has 1 saturated heterocycles. The third-order valence-corrected chi connectivity index (χ3v) is 5.24. The van der Waals surface area contributed by atoms with Gasteiger partial charge in [0.15, 0.2) is 0 Å². The SMILES string of the molecule is CCN(CC(=O)O)C1CCN(Cc2sc(C)nc2C)CC1. The molecule has 1 fully saturated rings. The van der Waals surface area contributed by atoms with E-state index in [1.54, 1.807) is 11.3 Å². The Balaban J connectivity index is 1.85. The highest BCUT2D eigenvalue weighted by Gasteiger charge is 2.25. The van der Waals surface area contributed by atoms with Gasteiger partial charge in [0.1, 0.15) is 0 Å². The molecule has 0 radical (unpaired) electrons. The lowest BCUT2D eigenvalue weighted by Crippen LogP contribution is -2.46. The standard InChI is InChI=1S/C15H25N3O2S/c1-4-18(10-15(19)20)13-5-7-17(8-6-13)9-14-11(2)16-12(3)21-14/h13H,4-10H2,1-3H3,(H,19,20). The summed E-state index contributed by atoms with van der Waals surface area (Å²) in [7, 11) is 0. The molecule has 6 heteroatoms. The normalized spacial score (nSPS) is 17.5. The topological polar surface area (TPSA) is 56.7 Å². The van der Waals surface area contributed by atoms with Crippen LogP contribution < -0.4 is 0 Å². The van der Waals surface area contributed by atoms with Gasteiger partial charge in [0, 0.05) is 30.6 Å². The van der Waals surface area contributed by atoms with Gasteiger partial charge in [-0.25, -0.2) is 4.98 Å². The molecule has 2 heterocycles. The average molecular weight is 311 g/mol. The Morgan fingerprint density at radius 1 is 1.43 bits per heavy atom. The highest BCUT2D eigenvalue weighted by atomic mass is 32.1. The zero-order valence-electron chi connectivity index (χ0n) is 13.1. The van der Waals surface area contributed by atoms with Gasteiger partial charge >= 0.3 is 5.97 Å². The highest BCUT2D eigenvalue weighted by molar-refractivity contribution is 7.11. The maximum Gasteiger partial charge on any atom is 0.317 e. The maximum atomic E-state index is 10.9. The summed E-state index contributed by atoms with van der Waals surface area (Å²) < 4.78 is 0. The fourth-order valence-electron chi connectivity index (χ4n) is 3.04. The minimum absolute atomic E-state index is 0.161. The first-order valence-electron chi connectivity index (χ1n) is 7.60. The molecule has 0 spiro atoms. The number of aliphatic carboxylic acids is 1. The number of thiazole rings is 1. The first-order chi connectivity index (χ1) is 9.99. The predicted molar refractivity (Wildman–Crippen MR) is 84.8 cm³/mol. The molecule has 1 N–H and O–H groups in total. The summed E-state index contributed by atoms with van der Waals surface area (Å²) in [6, 6.07) is 0.409. The van der Waals surface area contributed by atoms with E-state index in [0.717, 1.165) is 49.7 Å². The number of aryl methyl sites for hydroxylation is 2. The average Bonchev–Trinajstić information content (AvgIpc) is 2.75. The number of carboxylic acid groups (broad SMARTS) is 1. The van der Waals surface area contributed by atoms with Gasteiger partial charge in [0.25, 0.3) is 0 Å².